The first-order valence-electron chi connectivity index (χ1n) is 9.07. The van der Waals surface area contributed by atoms with E-state index in [9.17, 15) is 0 Å². The lowest BCUT2D eigenvalue weighted by Gasteiger charge is -2.16. The Labute approximate surface area is 174 Å². The quantitative estimate of drug-likeness (QED) is 0.360. The van der Waals surface area contributed by atoms with Gasteiger partial charge in [-0.1, -0.05) is 83.9 Å². The van der Waals surface area contributed by atoms with Gasteiger partial charge in [0, 0.05) is 17.1 Å². The van der Waals surface area contributed by atoms with Gasteiger partial charge in [-0.2, -0.15) is 0 Å². The minimum Gasteiger partial charge on any atom is -0.489 e. The third-order valence-corrected chi connectivity index (χ3v) is 5.17. The second-order valence-corrected chi connectivity index (χ2v) is 7.36. The number of halogens is 2. The van der Waals surface area contributed by atoms with Crippen molar-refractivity contribution in [3.8, 4) is 5.75 Å². The molecule has 0 radical (unpaired) electrons. The van der Waals surface area contributed by atoms with E-state index < -0.39 is 0 Å². The molecule has 0 unspecified atom stereocenters. The zero-order valence-electron chi connectivity index (χ0n) is 15.2. The standard InChI is InChI=1S/C24H19Cl2NO/c25-19-11-12-23(22(26)14-19)27-15-21-20-9-5-4-8-18(20)10-13-24(21)28-16-17-6-2-1-3-7-17/h1-14,27H,15-16H2. The summed E-state index contributed by atoms with van der Waals surface area (Å²) >= 11 is 12.3. The number of hydrogen-bond acceptors (Lipinski definition) is 2. The van der Waals surface area contributed by atoms with E-state index in [1.165, 1.54) is 5.39 Å². The van der Waals surface area contributed by atoms with E-state index in [1.807, 2.05) is 48.5 Å². The number of anilines is 1. The summed E-state index contributed by atoms with van der Waals surface area (Å²) in [7, 11) is 0. The molecule has 28 heavy (non-hydrogen) atoms. The lowest BCUT2D eigenvalue weighted by molar-refractivity contribution is 0.304. The van der Waals surface area contributed by atoms with Gasteiger partial charge in [-0.05, 0) is 40.6 Å². The summed E-state index contributed by atoms with van der Waals surface area (Å²) in [6.45, 7) is 1.11. The van der Waals surface area contributed by atoms with Crippen molar-refractivity contribution < 1.29 is 4.74 Å². The summed E-state index contributed by atoms with van der Waals surface area (Å²) in [5.41, 5.74) is 3.07. The minimum atomic E-state index is 0.522. The smallest absolute Gasteiger partial charge is 0.125 e. The summed E-state index contributed by atoms with van der Waals surface area (Å²) in [5, 5.41) is 6.96. The zero-order valence-corrected chi connectivity index (χ0v) is 16.7. The van der Waals surface area contributed by atoms with Gasteiger partial charge in [-0.15, -0.1) is 0 Å². The van der Waals surface area contributed by atoms with Crippen LogP contribution in [0.3, 0.4) is 0 Å². The first kappa shape index (κ1) is 18.7. The molecule has 0 aromatic heterocycles. The van der Waals surface area contributed by atoms with Crippen LogP contribution in [0.2, 0.25) is 10.0 Å². The molecule has 0 amide bonds. The monoisotopic (exact) mass is 407 g/mol. The molecular weight excluding hydrogens is 389 g/mol. The fourth-order valence-electron chi connectivity index (χ4n) is 3.19. The molecule has 0 bridgehead atoms. The van der Waals surface area contributed by atoms with Crippen LogP contribution in [0.25, 0.3) is 10.8 Å². The molecule has 4 rings (SSSR count). The number of hydrogen-bond donors (Lipinski definition) is 1. The van der Waals surface area contributed by atoms with E-state index in [2.05, 4.69) is 35.6 Å². The van der Waals surface area contributed by atoms with Gasteiger partial charge in [0.25, 0.3) is 0 Å². The van der Waals surface area contributed by atoms with Crippen LogP contribution < -0.4 is 10.1 Å². The van der Waals surface area contributed by atoms with E-state index in [0.717, 1.165) is 28.0 Å². The minimum absolute atomic E-state index is 0.522. The average Bonchev–Trinajstić information content (AvgIpc) is 2.72. The second kappa shape index (κ2) is 8.55. The average molecular weight is 408 g/mol. The highest BCUT2D eigenvalue weighted by atomic mass is 35.5. The number of benzene rings is 4. The maximum absolute atomic E-state index is 6.32. The van der Waals surface area contributed by atoms with Gasteiger partial charge in [0.1, 0.15) is 12.4 Å². The fraction of sp³-hybridized carbons (Fsp3) is 0.0833. The fourth-order valence-corrected chi connectivity index (χ4v) is 3.66. The predicted octanol–water partition coefficient (Wildman–Crippen LogP) is 7.34. The maximum atomic E-state index is 6.32. The molecule has 4 heteroatoms. The number of fused-ring (bicyclic) bond motifs is 1. The van der Waals surface area contributed by atoms with Crippen LogP contribution in [0.4, 0.5) is 5.69 Å². The number of ether oxygens (including phenoxy) is 1. The molecule has 0 saturated heterocycles. The Morgan fingerprint density at radius 2 is 1.57 bits per heavy atom. The van der Waals surface area contributed by atoms with Gasteiger partial charge < -0.3 is 10.1 Å². The molecule has 140 valence electrons. The van der Waals surface area contributed by atoms with Crippen molar-refractivity contribution in [1.29, 1.82) is 0 Å². The summed E-state index contributed by atoms with van der Waals surface area (Å²) in [6.07, 6.45) is 0. The number of nitrogens with one attached hydrogen (secondary N) is 1. The first-order valence-corrected chi connectivity index (χ1v) is 9.82. The Kier molecular flexibility index (Phi) is 5.70. The summed E-state index contributed by atoms with van der Waals surface area (Å²) in [6, 6.07) is 28.0. The Bertz CT molecular complexity index is 1100. The van der Waals surface area contributed by atoms with E-state index in [-0.39, 0.29) is 0 Å². The summed E-state index contributed by atoms with van der Waals surface area (Å²) in [4.78, 5) is 0. The highest BCUT2D eigenvalue weighted by Crippen LogP contribution is 2.31. The molecular formula is C24H19Cl2NO. The normalized spacial score (nSPS) is 10.8. The first-order chi connectivity index (χ1) is 13.7. The second-order valence-electron chi connectivity index (χ2n) is 6.52. The molecule has 4 aromatic carbocycles. The van der Waals surface area contributed by atoms with Crippen LogP contribution in [0.5, 0.6) is 5.75 Å². The van der Waals surface area contributed by atoms with Gasteiger partial charge in [-0.25, -0.2) is 0 Å². The third kappa shape index (κ3) is 4.24. The summed E-state index contributed by atoms with van der Waals surface area (Å²) < 4.78 is 6.17. The molecule has 2 nitrogen and oxygen atoms in total. The lowest BCUT2D eigenvalue weighted by Crippen LogP contribution is -2.05. The van der Waals surface area contributed by atoms with E-state index in [4.69, 9.17) is 27.9 Å². The van der Waals surface area contributed by atoms with Gasteiger partial charge in [-0.3, -0.25) is 0 Å². The van der Waals surface area contributed by atoms with Crippen molar-refractivity contribution in [2.45, 2.75) is 13.2 Å². The topological polar surface area (TPSA) is 21.3 Å². The molecule has 0 spiro atoms. The van der Waals surface area contributed by atoms with Crippen LogP contribution >= 0.6 is 23.2 Å². The van der Waals surface area contributed by atoms with Crippen LogP contribution in [0.1, 0.15) is 11.1 Å². The summed E-state index contributed by atoms with van der Waals surface area (Å²) in [5.74, 6) is 0.861. The van der Waals surface area contributed by atoms with Gasteiger partial charge in [0.05, 0.1) is 10.7 Å². The molecule has 0 saturated carbocycles. The van der Waals surface area contributed by atoms with Crippen molar-refractivity contribution >= 4 is 39.7 Å². The molecule has 0 aliphatic carbocycles. The van der Waals surface area contributed by atoms with Crippen LogP contribution in [-0.4, -0.2) is 0 Å². The van der Waals surface area contributed by atoms with Gasteiger partial charge >= 0.3 is 0 Å². The van der Waals surface area contributed by atoms with Gasteiger partial charge in [0.15, 0.2) is 0 Å². The molecule has 1 N–H and O–H groups in total. The molecule has 4 aromatic rings. The molecule has 0 atom stereocenters. The van der Waals surface area contributed by atoms with Crippen LogP contribution in [-0.2, 0) is 13.2 Å². The molecule has 0 fully saturated rings. The third-order valence-electron chi connectivity index (χ3n) is 4.62. The molecule has 0 aliphatic heterocycles. The lowest BCUT2D eigenvalue weighted by atomic mass is 10.0. The van der Waals surface area contributed by atoms with Crippen LogP contribution in [0, 0.1) is 0 Å². The van der Waals surface area contributed by atoms with E-state index >= 15 is 0 Å². The predicted molar refractivity (Wildman–Crippen MR) is 119 cm³/mol. The van der Waals surface area contributed by atoms with Gasteiger partial charge in [0.2, 0.25) is 0 Å². The van der Waals surface area contributed by atoms with E-state index in [0.29, 0.717) is 23.2 Å². The van der Waals surface area contributed by atoms with Crippen LogP contribution in [0.15, 0.2) is 84.9 Å². The highest BCUT2D eigenvalue weighted by Gasteiger charge is 2.10. The van der Waals surface area contributed by atoms with E-state index in [1.54, 1.807) is 6.07 Å². The Hall–Kier alpha value is -2.68. The molecule has 0 heterocycles. The Balaban J connectivity index is 1.63. The van der Waals surface area contributed by atoms with Crippen molar-refractivity contribution in [2.75, 3.05) is 5.32 Å². The Morgan fingerprint density at radius 3 is 2.39 bits per heavy atom. The highest BCUT2D eigenvalue weighted by molar-refractivity contribution is 6.36. The maximum Gasteiger partial charge on any atom is 0.125 e. The largest absolute Gasteiger partial charge is 0.489 e. The van der Waals surface area contributed by atoms with Crippen molar-refractivity contribution in [1.82, 2.24) is 0 Å². The van der Waals surface area contributed by atoms with Crippen molar-refractivity contribution in [3.05, 3.63) is 106 Å². The SMILES string of the molecule is Clc1ccc(NCc2c(OCc3ccccc3)ccc3ccccc23)c(Cl)c1. The van der Waals surface area contributed by atoms with Crippen molar-refractivity contribution in [3.63, 3.8) is 0 Å². The zero-order chi connectivity index (χ0) is 19.3. The number of rotatable bonds is 6. The van der Waals surface area contributed by atoms with Crippen molar-refractivity contribution in [2.24, 2.45) is 0 Å². The molecule has 0 aliphatic rings. The Morgan fingerprint density at radius 1 is 0.786 bits per heavy atom.